The maximum absolute atomic E-state index is 13.2. The number of benzene rings is 1. The molecule has 114 valence electrons. The molecule has 7 heteroatoms. The van der Waals surface area contributed by atoms with Gasteiger partial charge in [0.15, 0.2) is 0 Å². The van der Waals surface area contributed by atoms with E-state index in [2.05, 4.69) is 10.4 Å². The Kier molecular flexibility index (Phi) is 4.20. The molecule has 0 spiro atoms. The quantitative estimate of drug-likeness (QED) is 0.872. The first-order valence-electron chi connectivity index (χ1n) is 6.43. The van der Waals surface area contributed by atoms with Crippen LogP contribution in [0.1, 0.15) is 23.7 Å². The van der Waals surface area contributed by atoms with Crippen molar-refractivity contribution in [1.29, 1.82) is 0 Å². The molecule has 3 nitrogen and oxygen atoms in total. The van der Waals surface area contributed by atoms with E-state index < -0.39 is 17.6 Å². The van der Waals surface area contributed by atoms with Crippen LogP contribution >= 0.6 is 0 Å². The molecule has 21 heavy (non-hydrogen) atoms. The Morgan fingerprint density at radius 3 is 2.62 bits per heavy atom. The summed E-state index contributed by atoms with van der Waals surface area (Å²) < 4.78 is 52.7. The molecule has 0 unspecified atom stereocenters. The zero-order valence-corrected chi connectivity index (χ0v) is 11.6. The van der Waals surface area contributed by atoms with Crippen LogP contribution in [0, 0.1) is 5.82 Å². The lowest BCUT2D eigenvalue weighted by Crippen LogP contribution is -2.10. The number of alkyl halides is 3. The molecule has 0 atom stereocenters. The van der Waals surface area contributed by atoms with Gasteiger partial charge in [0.2, 0.25) is 0 Å². The van der Waals surface area contributed by atoms with Gasteiger partial charge in [0.05, 0.1) is 16.9 Å². The first-order chi connectivity index (χ1) is 9.81. The van der Waals surface area contributed by atoms with Gasteiger partial charge in [0.1, 0.15) is 5.82 Å². The third-order valence-corrected chi connectivity index (χ3v) is 3.06. The van der Waals surface area contributed by atoms with Crippen molar-refractivity contribution < 1.29 is 17.6 Å². The topological polar surface area (TPSA) is 29.9 Å². The Balaban J connectivity index is 2.17. The summed E-state index contributed by atoms with van der Waals surface area (Å²) in [4.78, 5) is 0. The van der Waals surface area contributed by atoms with E-state index in [0.29, 0.717) is 12.0 Å². The van der Waals surface area contributed by atoms with Gasteiger partial charge >= 0.3 is 6.18 Å². The van der Waals surface area contributed by atoms with E-state index in [-0.39, 0.29) is 6.54 Å². The van der Waals surface area contributed by atoms with Gasteiger partial charge in [-0.15, -0.1) is 0 Å². The fourth-order valence-electron chi connectivity index (χ4n) is 2.04. The standard InChI is InChI=1S/C14H15F4N3/c1-3-12-13(8-21(2)20-12)19-7-9-4-5-11(15)10(6-9)14(16,17)18/h4-6,8,19H,3,7H2,1-2H3. The van der Waals surface area contributed by atoms with Crippen molar-refractivity contribution in [1.82, 2.24) is 9.78 Å². The maximum Gasteiger partial charge on any atom is 0.419 e. The van der Waals surface area contributed by atoms with Gasteiger partial charge in [-0.3, -0.25) is 4.68 Å². The monoisotopic (exact) mass is 301 g/mol. The number of aromatic nitrogens is 2. The van der Waals surface area contributed by atoms with Crippen molar-refractivity contribution in [2.45, 2.75) is 26.1 Å². The lowest BCUT2D eigenvalue weighted by molar-refractivity contribution is -0.140. The van der Waals surface area contributed by atoms with Crippen molar-refractivity contribution in [3.8, 4) is 0 Å². The molecule has 0 bridgehead atoms. The minimum atomic E-state index is -4.69. The van der Waals surface area contributed by atoms with E-state index in [4.69, 9.17) is 0 Å². The Hall–Kier alpha value is -2.05. The number of hydrogen-bond donors (Lipinski definition) is 1. The first-order valence-corrected chi connectivity index (χ1v) is 6.43. The SMILES string of the molecule is CCc1nn(C)cc1NCc1ccc(F)c(C(F)(F)F)c1. The molecule has 0 saturated carbocycles. The second-order valence-corrected chi connectivity index (χ2v) is 4.68. The van der Waals surface area contributed by atoms with Gasteiger partial charge in [-0.25, -0.2) is 4.39 Å². The number of aryl methyl sites for hydroxylation is 2. The Bertz CT molecular complexity index is 632. The van der Waals surface area contributed by atoms with E-state index in [1.807, 2.05) is 6.92 Å². The highest BCUT2D eigenvalue weighted by Gasteiger charge is 2.34. The molecule has 1 heterocycles. The average Bonchev–Trinajstić information content (AvgIpc) is 2.77. The Morgan fingerprint density at radius 2 is 2.00 bits per heavy atom. The van der Waals surface area contributed by atoms with Crippen molar-refractivity contribution in [3.05, 3.63) is 47.0 Å². The van der Waals surface area contributed by atoms with E-state index in [1.54, 1.807) is 17.9 Å². The van der Waals surface area contributed by atoms with Gasteiger partial charge in [0, 0.05) is 19.8 Å². The molecule has 2 aromatic rings. The van der Waals surface area contributed by atoms with E-state index in [9.17, 15) is 17.6 Å². The highest BCUT2D eigenvalue weighted by molar-refractivity contribution is 5.47. The van der Waals surface area contributed by atoms with Gasteiger partial charge < -0.3 is 5.32 Å². The van der Waals surface area contributed by atoms with Crippen LogP contribution in [0.25, 0.3) is 0 Å². The molecule has 0 amide bonds. The lowest BCUT2D eigenvalue weighted by atomic mass is 10.1. The predicted molar refractivity (Wildman–Crippen MR) is 71.3 cm³/mol. The molecular weight excluding hydrogens is 286 g/mol. The third-order valence-electron chi connectivity index (χ3n) is 3.06. The zero-order chi connectivity index (χ0) is 15.6. The molecule has 0 saturated heterocycles. The molecular formula is C14H15F4N3. The van der Waals surface area contributed by atoms with Gasteiger partial charge in [0.25, 0.3) is 0 Å². The first kappa shape index (κ1) is 15.3. The van der Waals surface area contributed by atoms with E-state index >= 15 is 0 Å². The van der Waals surface area contributed by atoms with Crippen molar-refractivity contribution in [3.63, 3.8) is 0 Å². The van der Waals surface area contributed by atoms with Crippen LogP contribution in [0.15, 0.2) is 24.4 Å². The highest BCUT2D eigenvalue weighted by atomic mass is 19.4. The van der Waals surface area contributed by atoms with Crippen LogP contribution < -0.4 is 5.32 Å². The normalized spacial score (nSPS) is 11.7. The van der Waals surface area contributed by atoms with Crippen LogP contribution in [0.3, 0.4) is 0 Å². The average molecular weight is 301 g/mol. The minimum Gasteiger partial charge on any atom is -0.378 e. The molecule has 1 aromatic carbocycles. The Labute approximate surface area is 119 Å². The summed E-state index contributed by atoms with van der Waals surface area (Å²) in [5.41, 5.74) is 0.701. The van der Waals surface area contributed by atoms with Gasteiger partial charge in [-0.05, 0) is 24.1 Å². The number of anilines is 1. The summed E-state index contributed by atoms with van der Waals surface area (Å²) in [5, 5.41) is 7.25. The molecule has 0 aliphatic rings. The summed E-state index contributed by atoms with van der Waals surface area (Å²) in [6.07, 6.45) is -2.23. The molecule has 2 rings (SSSR count). The number of hydrogen-bond acceptors (Lipinski definition) is 2. The summed E-state index contributed by atoms with van der Waals surface area (Å²) in [6.45, 7) is 2.11. The van der Waals surface area contributed by atoms with E-state index in [1.165, 1.54) is 6.07 Å². The molecule has 1 aromatic heterocycles. The van der Waals surface area contributed by atoms with Crippen LogP contribution in [0.4, 0.5) is 23.2 Å². The van der Waals surface area contributed by atoms with Crippen LogP contribution in [-0.4, -0.2) is 9.78 Å². The van der Waals surface area contributed by atoms with Gasteiger partial charge in [-0.2, -0.15) is 18.3 Å². The summed E-state index contributed by atoms with van der Waals surface area (Å²) >= 11 is 0. The smallest absolute Gasteiger partial charge is 0.378 e. The summed E-state index contributed by atoms with van der Waals surface area (Å²) in [5.74, 6) is -1.26. The van der Waals surface area contributed by atoms with Crippen LogP contribution in [0.5, 0.6) is 0 Å². The largest absolute Gasteiger partial charge is 0.419 e. The maximum atomic E-state index is 13.2. The van der Waals surface area contributed by atoms with Crippen LogP contribution in [-0.2, 0) is 26.2 Å². The second-order valence-electron chi connectivity index (χ2n) is 4.68. The number of nitrogens with one attached hydrogen (secondary N) is 1. The molecule has 0 aliphatic heterocycles. The lowest BCUT2D eigenvalue weighted by Gasteiger charge is -2.11. The highest BCUT2D eigenvalue weighted by Crippen LogP contribution is 2.32. The second kappa shape index (κ2) is 5.75. The number of nitrogens with zero attached hydrogens (tertiary/aromatic N) is 2. The summed E-state index contributed by atoms with van der Waals surface area (Å²) in [6, 6.07) is 2.99. The van der Waals surface area contributed by atoms with Crippen molar-refractivity contribution >= 4 is 5.69 Å². The number of rotatable bonds is 4. The third kappa shape index (κ3) is 3.53. The van der Waals surface area contributed by atoms with Gasteiger partial charge in [-0.1, -0.05) is 13.0 Å². The Morgan fingerprint density at radius 1 is 1.29 bits per heavy atom. The fraction of sp³-hybridized carbons (Fsp3) is 0.357. The molecule has 0 radical (unpaired) electrons. The van der Waals surface area contributed by atoms with Crippen molar-refractivity contribution in [2.75, 3.05) is 5.32 Å². The number of halogens is 4. The van der Waals surface area contributed by atoms with Crippen LogP contribution in [0.2, 0.25) is 0 Å². The van der Waals surface area contributed by atoms with Crippen molar-refractivity contribution in [2.24, 2.45) is 7.05 Å². The predicted octanol–water partition coefficient (Wildman–Crippen LogP) is 3.75. The zero-order valence-electron chi connectivity index (χ0n) is 11.6. The van der Waals surface area contributed by atoms with E-state index in [0.717, 1.165) is 23.5 Å². The fourth-order valence-corrected chi connectivity index (χ4v) is 2.04. The molecule has 0 aliphatic carbocycles. The minimum absolute atomic E-state index is 0.169. The molecule has 0 fully saturated rings. The molecule has 1 N–H and O–H groups in total. The summed E-state index contributed by atoms with van der Waals surface area (Å²) in [7, 11) is 1.77.